The molecule has 1 aromatic heterocycles. The van der Waals surface area contributed by atoms with Crippen LogP contribution in [0.5, 0.6) is 0 Å². The first kappa shape index (κ1) is 17.4. The number of allylic oxidation sites excluding steroid dienone is 2. The van der Waals surface area contributed by atoms with Crippen LogP contribution in [0.2, 0.25) is 0 Å². The molecule has 0 spiro atoms. The largest absolute Gasteiger partial charge is 0.498 e. The van der Waals surface area contributed by atoms with E-state index < -0.39 is 54.4 Å². The number of sulfone groups is 1. The molecule has 0 aromatic carbocycles. The first-order valence-electron chi connectivity index (χ1n) is 6.86. The summed E-state index contributed by atoms with van der Waals surface area (Å²) in [5.74, 6) is -1.51. The maximum atomic E-state index is 13.3. The van der Waals surface area contributed by atoms with Gasteiger partial charge in [0.2, 0.25) is 5.69 Å². The molecule has 2 aliphatic rings. The van der Waals surface area contributed by atoms with Crippen LogP contribution in [0.1, 0.15) is 37.1 Å². The number of alkyl halides is 3. The predicted octanol–water partition coefficient (Wildman–Crippen LogP) is 1.44. The molecule has 3 rings (SSSR count). The van der Waals surface area contributed by atoms with Gasteiger partial charge in [0, 0.05) is 6.08 Å². The lowest BCUT2D eigenvalue weighted by Crippen LogP contribution is -2.54. The highest BCUT2D eigenvalue weighted by atomic mass is 32.2. The Labute approximate surface area is 138 Å². The second-order valence-corrected chi connectivity index (χ2v) is 8.10. The fraction of sp³-hybridized carbons (Fsp3) is 0.500. The minimum atomic E-state index is -5.90. The summed E-state index contributed by atoms with van der Waals surface area (Å²) in [6.45, 7) is 1.55. The summed E-state index contributed by atoms with van der Waals surface area (Å²) in [6, 6.07) is 0. The van der Waals surface area contributed by atoms with Gasteiger partial charge < -0.3 is 5.21 Å². The third-order valence-corrected chi connectivity index (χ3v) is 6.67. The molecule has 0 radical (unpaired) electrons. The van der Waals surface area contributed by atoms with Gasteiger partial charge >= 0.3 is 16.9 Å². The van der Waals surface area contributed by atoms with Crippen LogP contribution < -0.4 is 4.90 Å². The molecule has 0 unspecified atom stereocenters. The molecule has 9 nitrogen and oxygen atoms in total. The summed E-state index contributed by atoms with van der Waals surface area (Å²) >= 11 is 0. The van der Waals surface area contributed by atoms with Gasteiger partial charge in [-0.05, 0) is 24.7 Å². The highest BCUT2D eigenvalue weighted by Gasteiger charge is 2.67. The zero-order valence-corrected chi connectivity index (χ0v) is 13.3. The molecule has 0 aliphatic heterocycles. The molecule has 2 aliphatic carbocycles. The van der Waals surface area contributed by atoms with E-state index in [1.165, 1.54) is 6.08 Å². The summed E-state index contributed by atoms with van der Waals surface area (Å²) in [4.78, 5) is 9.88. The summed E-state index contributed by atoms with van der Waals surface area (Å²) in [5.41, 5.74) is -7.28. The summed E-state index contributed by atoms with van der Waals surface area (Å²) in [7, 11) is -5.90. The van der Waals surface area contributed by atoms with E-state index in [0.29, 0.717) is 11.6 Å². The SMILES string of the molecule is CC1=CC[C@@]2(S(=O)(=O)C(F)(F)F)C=C([N+](=O)[O-])c3no[n+]([O-])c3[C@H]2C1. The van der Waals surface area contributed by atoms with Gasteiger partial charge in [0.1, 0.15) is 4.75 Å². The summed E-state index contributed by atoms with van der Waals surface area (Å²) < 4.78 is 66.0. The zero-order chi connectivity index (χ0) is 18.8. The highest BCUT2D eigenvalue weighted by molar-refractivity contribution is 7.93. The van der Waals surface area contributed by atoms with Crippen LogP contribution in [-0.2, 0) is 9.84 Å². The van der Waals surface area contributed by atoms with Crippen molar-refractivity contribution in [1.82, 2.24) is 5.16 Å². The summed E-state index contributed by atoms with van der Waals surface area (Å²) in [5, 5.41) is 26.3. The van der Waals surface area contributed by atoms with Crippen molar-refractivity contribution < 1.29 is 36.0 Å². The fourth-order valence-electron chi connectivity index (χ4n) is 3.30. The van der Waals surface area contributed by atoms with Crippen LogP contribution in [0.15, 0.2) is 22.4 Å². The maximum absolute atomic E-state index is 13.3. The smallest absolute Gasteiger partial charge is 0.359 e. The third-order valence-electron chi connectivity index (χ3n) is 4.49. The molecule has 2 atom stereocenters. The molecule has 0 bridgehead atoms. The van der Waals surface area contributed by atoms with Crippen molar-refractivity contribution in [3.05, 3.63) is 44.4 Å². The van der Waals surface area contributed by atoms with Crippen molar-refractivity contribution in [2.75, 3.05) is 0 Å². The van der Waals surface area contributed by atoms with E-state index >= 15 is 0 Å². The Morgan fingerprint density at radius 2 is 2.12 bits per heavy atom. The Balaban J connectivity index is 2.40. The molecule has 136 valence electrons. The van der Waals surface area contributed by atoms with E-state index in [1.54, 1.807) is 6.92 Å². The van der Waals surface area contributed by atoms with Crippen molar-refractivity contribution in [1.29, 1.82) is 0 Å². The average molecular weight is 381 g/mol. The number of nitrogens with zero attached hydrogens (tertiary/aromatic N) is 3. The number of rotatable bonds is 2. The van der Waals surface area contributed by atoms with Crippen LogP contribution in [-0.4, -0.2) is 28.8 Å². The van der Waals surface area contributed by atoms with Gasteiger partial charge in [0.25, 0.3) is 9.84 Å². The molecule has 0 fully saturated rings. The monoisotopic (exact) mass is 381 g/mol. The lowest BCUT2D eigenvalue weighted by atomic mass is 9.73. The van der Waals surface area contributed by atoms with Gasteiger partial charge in [-0.3, -0.25) is 14.7 Å². The molecule has 0 saturated heterocycles. The predicted molar refractivity (Wildman–Crippen MR) is 73.9 cm³/mol. The highest BCUT2D eigenvalue weighted by Crippen LogP contribution is 2.54. The molecule has 0 amide bonds. The number of nitro groups is 1. The zero-order valence-electron chi connectivity index (χ0n) is 12.5. The van der Waals surface area contributed by atoms with Crippen molar-refractivity contribution in [2.45, 2.75) is 35.9 Å². The first-order chi connectivity index (χ1) is 11.4. The normalized spacial score (nSPS) is 26.3. The standard InChI is InChI=1S/C12H10F3N3O6S/c1-6-2-3-11(25(22,23)12(13,14)15)5-8(17(19)20)9-10(7(11)4-6)18(21)24-16-9/h2,5,7H,3-4H2,1H3/t7-,11-/m1/s1. The molecule has 1 aromatic rings. The van der Waals surface area contributed by atoms with Crippen LogP contribution in [0.4, 0.5) is 13.2 Å². The molecule has 0 saturated carbocycles. The number of aromatic nitrogens is 2. The van der Waals surface area contributed by atoms with Crippen LogP contribution in [0.25, 0.3) is 5.70 Å². The van der Waals surface area contributed by atoms with Crippen LogP contribution >= 0.6 is 0 Å². The van der Waals surface area contributed by atoms with E-state index in [9.17, 15) is 36.9 Å². The van der Waals surface area contributed by atoms with Crippen molar-refractivity contribution in [3.8, 4) is 0 Å². The average Bonchev–Trinajstić information content (AvgIpc) is 2.87. The molecular weight excluding hydrogens is 371 g/mol. The second-order valence-electron chi connectivity index (χ2n) is 5.87. The molecular formula is C12H10F3N3O6S. The van der Waals surface area contributed by atoms with Gasteiger partial charge in [-0.15, -0.1) is 0 Å². The summed E-state index contributed by atoms with van der Waals surface area (Å²) in [6.07, 6.45) is 0.830. The maximum Gasteiger partial charge on any atom is 0.498 e. The topological polar surface area (TPSA) is 130 Å². The molecule has 1 heterocycles. The number of halogens is 3. The van der Waals surface area contributed by atoms with E-state index in [4.69, 9.17) is 0 Å². The van der Waals surface area contributed by atoms with Crippen LogP contribution in [0.3, 0.4) is 0 Å². The number of hydrogen-bond acceptors (Lipinski definition) is 7. The molecule has 25 heavy (non-hydrogen) atoms. The fourth-order valence-corrected chi connectivity index (χ4v) is 4.87. The molecule has 0 N–H and O–H groups in total. The Kier molecular flexibility index (Phi) is 3.50. The Morgan fingerprint density at radius 1 is 1.48 bits per heavy atom. The van der Waals surface area contributed by atoms with Gasteiger partial charge in [-0.1, -0.05) is 11.6 Å². The van der Waals surface area contributed by atoms with Crippen LogP contribution in [0, 0.1) is 15.3 Å². The van der Waals surface area contributed by atoms with E-state index in [-0.39, 0.29) is 11.3 Å². The van der Waals surface area contributed by atoms with Crippen molar-refractivity contribution in [3.63, 3.8) is 0 Å². The van der Waals surface area contributed by atoms with E-state index in [1.807, 2.05) is 0 Å². The van der Waals surface area contributed by atoms with Gasteiger partial charge in [0.15, 0.2) is 0 Å². The quantitative estimate of drug-likeness (QED) is 0.328. The number of fused-ring (bicyclic) bond motifs is 3. The van der Waals surface area contributed by atoms with Gasteiger partial charge in [-0.2, -0.15) is 13.2 Å². The Hall–Kier alpha value is -2.44. The lowest BCUT2D eigenvalue weighted by molar-refractivity contribution is -0.809. The molecule has 13 heteroatoms. The van der Waals surface area contributed by atoms with E-state index in [2.05, 4.69) is 9.79 Å². The Bertz CT molecular complexity index is 932. The van der Waals surface area contributed by atoms with Crippen molar-refractivity contribution in [2.24, 2.45) is 0 Å². The number of hydrogen-bond donors (Lipinski definition) is 0. The minimum absolute atomic E-state index is 0.215. The minimum Gasteiger partial charge on any atom is -0.359 e. The van der Waals surface area contributed by atoms with Gasteiger partial charge in [0.05, 0.1) is 16.0 Å². The first-order valence-corrected chi connectivity index (χ1v) is 8.34. The van der Waals surface area contributed by atoms with Gasteiger partial charge in [-0.25, -0.2) is 8.42 Å². The van der Waals surface area contributed by atoms with E-state index in [0.717, 1.165) is 0 Å². The third kappa shape index (κ3) is 2.18. The van der Waals surface area contributed by atoms with Crippen molar-refractivity contribution >= 4 is 15.5 Å². The Morgan fingerprint density at radius 3 is 2.68 bits per heavy atom. The second kappa shape index (κ2) is 5.03. The lowest BCUT2D eigenvalue weighted by Gasteiger charge is -2.40.